The zero-order chi connectivity index (χ0) is 14.8. The average Bonchev–Trinajstić information content (AvgIpc) is 2.79. The van der Waals surface area contributed by atoms with Crippen LogP contribution < -0.4 is 0 Å². The van der Waals surface area contributed by atoms with Crippen molar-refractivity contribution < 1.29 is 14.5 Å². The van der Waals surface area contributed by atoms with Gasteiger partial charge in [-0.1, -0.05) is 30.3 Å². The fourth-order valence-corrected chi connectivity index (χ4v) is 3.26. The first-order chi connectivity index (χ1) is 9.48. The van der Waals surface area contributed by atoms with Crippen LogP contribution in [0.3, 0.4) is 0 Å². The Morgan fingerprint density at radius 3 is 2.50 bits per heavy atom. The molecule has 2 rings (SSSR count). The number of nitrogens with zero attached hydrogens (tertiary/aromatic N) is 1. The summed E-state index contributed by atoms with van der Waals surface area (Å²) in [5.41, 5.74) is -0.524. The fraction of sp³-hybridized carbons (Fsp3) is 0.467. The first-order valence-electron chi connectivity index (χ1n) is 6.69. The molecule has 1 aromatic carbocycles. The smallest absolute Gasteiger partial charge is 0.212 e. The van der Waals surface area contributed by atoms with Crippen LogP contribution in [0.4, 0.5) is 0 Å². The van der Waals surface area contributed by atoms with E-state index in [4.69, 9.17) is 0 Å². The van der Waals surface area contributed by atoms with E-state index in [0.29, 0.717) is 24.8 Å². The van der Waals surface area contributed by atoms with E-state index in [1.807, 2.05) is 6.07 Å². The number of hydrogen-bond acceptors (Lipinski definition) is 4. The molecule has 0 radical (unpaired) electrons. The highest BCUT2D eigenvalue weighted by Gasteiger charge is 2.54. The molecule has 0 N–H and O–H groups in total. The third-order valence-corrected chi connectivity index (χ3v) is 4.23. The van der Waals surface area contributed by atoms with Gasteiger partial charge in [-0.15, -0.1) is 0 Å². The molecule has 0 heterocycles. The summed E-state index contributed by atoms with van der Waals surface area (Å²) in [4.78, 5) is 35.0. The molecule has 0 saturated heterocycles. The van der Waals surface area contributed by atoms with Crippen LogP contribution in [0.25, 0.3) is 0 Å². The number of carbonyl (C=O) groups is 2. The highest BCUT2D eigenvalue weighted by molar-refractivity contribution is 6.08. The molecule has 0 spiro atoms. The highest BCUT2D eigenvalue weighted by Crippen LogP contribution is 2.47. The van der Waals surface area contributed by atoms with Gasteiger partial charge in [-0.05, 0) is 25.3 Å². The van der Waals surface area contributed by atoms with Gasteiger partial charge in [0.15, 0.2) is 0 Å². The molecular formula is C15H17NO4. The van der Waals surface area contributed by atoms with Gasteiger partial charge in [0, 0.05) is 11.3 Å². The van der Waals surface area contributed by atoms with Gasteiger partial charge in [0.2, 0.25) is 6.54 Å². The van der Waals surface area contributed by atoms with Gasteiger partial charge < -0.3 is 0 Å². The van der Waals surface area contributed by atoms with Crippen LogP contribution in [0, 0.1) is 15.5 Å². The monoisotopic (exact) mass is 275 g/mol. The van der Waals surface area contributed by atoms with E-state index in [1.165, 1.54) is 6.92 Å². The van der Waals surface area contributed by atoms with E-state index in [1.54, 1.807) is 24.3 Å². The molecule has 1 aliphatic rings. The number of ketones is 2. The molecule has 20 heavy (non-hydrogen) atoms. The van der Waals surface area contributed by atoms with Crippen molar-refractivity contribution in [2.45, 2.75) is 32.1 Å². The Bertz CT molecular complexity index is 540. The Hall–Kier alpha value is -2.04. The summed E-state index contributed by atoms with van der Waals surface area (Å²) in [5, 5.41) is 11.0. The van der Waals surface area contributed by atoms with Gasteiger partial charge in [-0.2, -0.15) is 0 Å². The Kier molecular flexibility index (Phi) is 3.97. The van der Waals surface area contributed by atoms with Crippen molar-refractivity contribution in [3.8, 4) is 0 Å². The van der Waals surface area contributed by atoms with Crippen LogP contribution in [-0.2, 0) is 9.59 Å². The SMILES string of the molecule is CC(=O)C1([C@@H](C[N+](=O)[O-])c2ccccc2)CCCC1=O. The van der Waals surface area contributed by atoms with Crippen molar-refractivity contribution in [3.05, 3.63) is 46.0 Å². The quantitative estimate of drug-likeness (QED) is 0.469. The lowest BCUT2D eigenvalue weighted by molar-refractivity contribution is -0.485. The minimum absolute atomic E-state index is 0.152. The number of carbonyl (C=O) groups excluding carboxylic acids is 2. The Labute approximate surface area is 117 Å². The standard InChI is InChI=1S/C15H17NO4/c1-11(17)15(9-5-8-14(15)18)13(10-16(19)20)12-6-3-2-4-7-12/h2-4,6-7,13H,5,8-10H2,1H3/t13-,15?/m0/s1. The summed E-state index contributed by atoms with van der Waals surface area (Å²) in [6, 6.07) is 8.86. The van der Waals surface area contributed by atoms with Gasteiger partial charge in [-0.25, -0.2) is 0 Å². The lowest BCUT2D eigenvalue weighted by atomic mass is 9.67. The van der Waals surface area contributed by atoms with Crippen LogP contribution in [0.5, 0.6) is 0 Å². The summed E-state index contributed by atoms with van der Waals surface area (Å²) < 4.78 is 0. The van der Waals surface area contributed by atoms with Gasteiger partial charge in [-0.3, -0.25) is 19.7 Å². The third-order valence-electron chi connectivity index (χ3n) is 4.23. The zero-order valence-electron chi connectivity index (χ0n) is 11.4. The summed E-state index contributed by atoms with van der Waals surface area (Å²) in [6.07, 6.45) is 1.37. The van der Waals surface area contributed by atoms with Crippen molar-refractivity contribution >= 4 is 11.6 Å². The van der Waals surface area contributed by atoms with E-state index in [0.717, 1.165) is 0 Å². The van der Waals surface area contributed by atoms with Crippen molar-refractivity contribution in [2.24, 2.45) is 5.41 Å². The van der Waals surface area contributed by atoms with Crippen molar-refractivity contribution in [3.63, 3.8) is 0 Å². The molecule has 5 heteroatoms. The molecule has 1 unspecified atom stereocenters. The second-order valence-electron chi connectivity index (χ2n) is 5.28. The van der Waals surface area contributed by atoms with E-state index < -0.39 is 22.8 Å². The number of hydrogen-bond donors (Lipinski definition) is 0. The first kappa shape index (κ1) is 14.4. The largest absolute Gasteiger partial charge is 0.299 e. The van der Waals surface area contributed by atoms with Crippen LogP contribution >= 0.6 is 0 Å². The van der Waals surface area contributed by atoms with Crippen LogP contribution in [0.2, 0.25) is 0 Å². The summed E-state index contributed by atoms with van der Waals surface area (Å²) in [7, 11) is 0. The maximum absolute atomic E-state index is 12.3. The normalized spacial score (nSPS) is 23.6. The molecule has 1 aromatic rings. The molecule has 1 aliphatic carbocycles. The van der Waals surface area contributed by atoms with Crippen molar-refractivity contribution in [1.29, 1.82) is 0 Å². The molecule has 0 amide bonds. The molecule has 1 saturated carbocycles. The predicted molar refractivity (Wildman–Crippen MR) is 73.0 cm³/mol. The van der Waals surface area contributed by atoms with Gasteiger partial charge in [0.05, 0.1) is 5.92 Å². The van der Waals surface area contributed by atoms with Crippen LogP contribution in [0.1, 0.15) is 37.7 Å². The average molecular weight is 275 g/mol. The highest BCUT2D eigenvalue weighted by atomic mass is 16.6. The Balaban J connectivity index is 2.52. The fourth-order valence-electron chi connectivity index (χ4n) is 3.26. The van der Waals surface area contributed by atoms with E-state index in [2.05, 4.69) is 0 Å². The topological polar surface area (TPSA) is 77.3 Å². The molecule has 0 bridgehead atoms. The number of Topliss-reactive ketones (excluding diaryl/α,β-unsaturated/α-hetero) is 2. The minimum Gasteiger partial charge on any atom is -0.299 e. The summed E-state index contributed by atoms with van der Waals surface area (Å²) in [6.45, 7) is 0.981. The number of nitro groups is 1. The zero-order valence-corrected chi connectivity index (χ0v) is 11.4. The predicted octanol–water partition coefficient (Wildman–Crippen LogP) is 2.38. The molecule has 5 nitrogen and oxygen atoms in total. The van der Waals surface area contributed by atoms with Crippen molar-refractivity contribution in [2.75, 3.05) is 6.54 Å². The first-order valence-corrected chi connectivity index (χ1v) is 6.69. The number of rotatable bonds is 5. The van der Waals surface area contributed by atoms with Gasteiger partial charge in [0.1, 0.15) is 17.0 Å². The van der Waals surface area contributed by atoms with Crippen molar-refractivity contribution in [1.82, 2.24) is 0 Å². The maximum Gasteiger partial charge on any atom is 0.212 e. The Morgan fingerprint density at radius 1 is 1.40 bits per heavy atom. The van der Waals surface area contributed by atoms with E-state index >= 15 is 0 Å². The second kappa shape index (κ2) is 5.53. The molecule has 1 fully saturated rings. The molecular weight excluding hydrogens is 258 g/mol. The lowest BCUT2D eigenvalue weighted by Crippen LogP contribution is -2.42. The minimum atomic E-state index is -1.21. The molecule has 0 aromatic heterocycles. The third kappa shape index (κ3) is 2.35. The van der Waals surface area contributed by atoms with Gasteiger partial charge >= 0.3 is 0 Å². The number of benzene rings is 1. The summed E-state index contributed by atoms with van der Waals surface area (Å²) >= 11 is 0. The van der Waals surface area contributed by atoms with Gasteiger partial charge in [0.25, 0.3) is 0 Å². The molecule has 106 valence electrons. The second-order valence-corrected chi connectivity index (χ2v) is 5.28. The van der Waals surface area contributed by atoms with E-state index in [-0.39, 0.29) is 11.6 Å². The summed E-state index contributed by atoms with van der Waals surface area (Å²) in [5.74, 6) is -1.08. The molecule has 0 aliphatic heterocycles. The Morgan fingerprint density at radius 2 is 2.05 bits per heavy atom. The van der Waals surface area contributed by atoms with Crippen LogP contribution in [0.15, 0.2) is 30.3 Å². The molecule has 2 atom stereocenters. The maximum atomic E-state index is 12.3. The lowest BCUT2D eigenvalue weighted by Gasteiger charge is -2.31. The van der Waals surface area contributed by atoms with Crippen LogP contribution in [-0.4, -0.2) is 23.0 Å². The van der Waals surface area contributed by atoms with E-state index in [9.17, 15) is 19.7 Å².